The second-order valence-electron chi connectivity index (χ2n) is 5.24. The first-order valence-electron chi connectivity index (χ1n) is 5.30. The van der Waals surface area contributed by atoms with Gasteiger partial charge in [-0.2, -0.15) is 0 Å². The van der Waals surface area contributed by atoms with Crippen molar-refractivity contribution in [2.24, 2.45) is 0 Å². The van der Waals surface area contributed by atoms with Crippen LogP contribution in [0.15, 0.2) is 0 Å². The molecule has 0 heterocycles. The van der Waals surface area contributed by atoms with Gasteiger partial charge >= 0.3 is 0 Å². The Morgan fingerprint density at radius 2 is 1.43 bits per heavy atom. The Hall–Kier alpha value is 0.0969. The Bertz CT molecular complexity index is 165. The summed E-state index contributed by atoms with van der Waals surface area (Å²) in [5, 5.41) is 3.91. The summed E-state index contributed by atoms with van der Waals surface area (Å²) in [6.07, 6.45) is 0. The van der Waals surface area contributed by atoms with Crippen LogP contribution in [0.3, 0.4) is 0 Å². The van der Waals surface area contributed by atoms with Crippen molar-refractivity contribution in [1.82, 2.24) is 15.1 Å². The summed E-state index contributed by atoms with van der Waals surface area (Å²) in [7, 11) is 9.71. The molecule has 1 N–H and O–H groups in total. The molecule has 0 radical (unpaired) electrons. The summed E-state index contributed by atoms with van der Waals surface area (Å²) in [5.74, 6) is -0.0338. The van der Waals surface area contributed by atoms with Gasteiger partial charge in [-0.1, -0.05) is 20.8 Å². The molecule has 0 fully saturated rings. The van der Waals surface area contributed by atoms with Gasteiger partial charge in [-0.25, -0.2) is 0 Å². The lowest BCUT2D eigenvalue weighted by molar-refractivity contribution is -0.0578. The van der Waals surface area contributed by atoms with E-state index in [1.54, 1.807) is 0 Å². The largest absolute Gasteiger partial charge is 0.287 e. The molecule has 14 heavy (non-hydrogen) atoms. The minimum absolute atomic E-state index is 0.0338. The van der Waals surface area contributed by atoms with Crippen LogP contribution in [-0.4, -0.2) is 60.6 Å². The lowest BCUT2D eigenvalue weighted by Gasteiger charge is -2.54. The maximum absolute atomic E-state index is 3.62. The highest BCUT2D eigenvalue weighted by Crippen LogP contribution is 2.37. The molecule has 0 amide bonds. The van der Waals surface area contributed by atoms with Crippen LogP contribution in [0.2, 0.25) is 5.04 Å². The summed E-state index contributed by atoms with van der Waals surface area (Å²) in [6.45, 7) is 7.79. The molecule has 0 spiro atoms. The first kappa shape index (κ1) is 14.1. The van der Waals surface area contributed by atoms with Crippen molar-refractivity contribution in [3.8, 4) is 0 Å². The molecule has 3 nitrogen and oxygen atoms in total. The van der Waals surface area contributed by atoms with Gasteiger partial charge in [-0.15, -0.1) is 0 Å². The molecule has 0 aromatic heterocycles. The van der Waals surface area contributed by atoms with Gasteiger partial charge in [-0.3, -0.25) is 15.1 Å². The van der Waals surface area contributed by atoms with Gasteiger partial charge in [0.15, 0.2) is 0 Å². The van der Waals surface area contributed by atoms with E-state index in [9.17, 15) is 0 Å². The molecule has 0 bridgehead atoms. The van der Waals surface area contributed by atoms with Gasteiger partial charge in [0.25, 0.3) is 0 Å². The molecule has 0 rings (SSSR count). The highest BCUT2D eigenvalue weighted by Gasteiger charge is 2.45. The standard InChI is InChI=1S/C10H27N3Si/c1-8-11-10(12(4)5,13(6)7)9(2,3)14/h11H,8H2,1-7,14H3. The van der Waals surface area contributed by atoms with Crippen LogP contribution in [0, 0.1) is 0 Å². The molecule has 0 aromatic rings. The van der Waals surface area contributed by atoms with E-state index in [0.29, 0.717) is 0 Å². The predicted octanol–water partition coefficient (Wildman–Crippen LogP) is -0.0632. The molecule has 0 unspecified atom stereocenters. The van der Waals surface area contributed by atoms with Crippen molar-refractivity contribution in [2.75, 3.05) is 34.7 Å². The van der Waals surface area contributed by atoms with Crippen molar-refractivity contribution in [3.63, 3.8) is 0 Å². The number of nitrogens with zero attached hydrogens (tertiary/aromatic N) is 2. The van der Waals surface area contributed by atoms with E-state index < -0.39 is 0 Å². The zero-order valence-corrected chi connectivity index (χ0v) is 13.1. The maximum Gasteiger partial charge on any atom is 0.129 e. The summed E-state index contributed by atoms with van der Waals surface area (Å²) in [5.41, 5.74) is 0. The van der Waals surface area contributed by atoms with Crippen LogP contribution in [0.5, 0.6) is 0 Å². The van der Waals surface area contributed by atoms with Crippen LogP contribution in [0.1, 0.15) is 20.8 Å². The average Bonchev–Trinajstić information content (AvgIpc) is 1.95. The molecule has 0 atom stereocenters. The van der Waals surface area contributed by atoms with Crippen molar-refractivity contribution < 1.29 is 0 Å². The van der Waals surface area contributed by atoms with Gasteiger partial charge in [0.05, 0.1) is 0 Å². The summed E-state index contributed by atoms with van der Waals surface area (Å²) in [6, 6.07) is 0. The average molecular weight is 217 g/mol. The van der Waals surface area contributed by atoms with E-state index in [2.05, 4.69) is 64.1 Å². The molecule has 0 saturated heterocycles. The highest BCUT2D eigenvalue weighted by atomic mass is 28.1. The van der Waals surface area contributed by atoms with Crippen molar-refractivity contribution >= 4 is 10.2 Å². The van der Waals surface area contributed by atoms with E-state index in [-0.39, 0.29) is 10.8 Å². The normalized spacial score (nSPS) is 14.4. The van der Waals surface area contributed by atoms with Crippen molar-refractivity contribution in [3.05, 3.63) is 0 Å². The molecule has 0 aliphatic rings. The predicted molar refractivity (Wildman–Crippen MR) is 67.8 cm³/mol. The van der Waals surface area contributed by atoms with Crippen LogP contribution in [0.25, 0.3) is 0 Å². The molecular weight excluding hydrogens is 190 g/mol. The minimum Gasteiger partial charge on any atom is -0.287 e. The van der Waals surface area contributed by atoms with Gasteiger partial charge < -0.3 is 0 Å². The number of hydrogen-bond donors (Lipinski definition) is 1. The maximum atomic E-state index is 3.62. The van der Waals surface area contributed by atoms with E-state index in [1.807, 2.05) is 0 Å². The third-order valence-electron chi connectivity index (χ3n) is 2.76. The second kappa shape index (κ2) is 4.75. The van der Waals surface area contributed by atoms with Gasteiger partial charge in [-0.05, 0) is 39.8 Å². The third-order valence-corrected chi connectivity index (χ3v) is 3.46. The fourth-order valence-electron chi connectivity index (χ4n) is 2.57. The van der Waals surface area contributed by atoms with Crippen molar-refractivity contribution in [2.45, 2.75) is 31.6 Å². The Balaban J connectivity index is 5.16. The molecule has 0 saturated carbocycles. The van der Waals surface area contributed by atoms with E-state index in [4.69, 9.17) is 0 Å². The smallest absolute Gasteiger partial charge is 0.129 e. The minimum atomic E-state index is -0.0338. The SMILES string of the molecule is CCNC(N(C)C)(N(C)C)C(C)(C)[SiH3]. The molecule has 0 aromatic carbocycles. The van der Waals surface area contributed by atoms with E-state index in [0.717, 1.165) is 16.8 Å². The van der Waals surface area contributed by atoms with Gasteiger partial charge in [0.1, 0.15) is 5.79 Å². The fraction of sp³-hybridized carbons (Fsp3) is 1.00. The second-order valence-corrected chi connectivity index (χ2v) is 7.74. The topological polar surface area (TPSA) is 18.5 Å². The fourth-order valence-corrected chi connectivity index (χ4v) is 3.64. The lowest BCUT2D eigenvalue weighted by Crippen LogP contribution is -2.69. The number of rotatable bonds is 5. The highest BCUT2D eigenvalue weighted by molar-refractivity contribution is 6.15. The van der Waals surface area contributed by atoms with Crippen LogP contribution < -0.4 is 5.32 Å². The van der Waals surface area contributed by atoms with Crippen LogP contribution in [0.4, 0.5) is 0 Å². The third kappa shape index (κ3) is 2.37. The first-order chi connectivity index (χ1) is 6.20. The Kier molecular flexibility index (Phi) is 4.78. The Labute approximate surface area is 92.3 Å². The number of hydrogen-bond acceptors (Lipinski definition) is 3. The summed E-state index contributed by atoms with van der Waals surface area (Å²) >= 11 is 0. The van der Waals surface area contributed by atoms with Crippen molar-refractivity contribution in [1.29, 1.82) is 0 Å². The lowest BCUT2D eigenvalue weighted by atomic mass is 10.0. The summed E-state index contributed by atoms with van der Waals surface area (Å²) < 4.78 is 0. The van der Waals surface area contributed by atoms with Crippen LogP contribution >= 0.6 is 0 Å². The molecule has 4 heteroatoms. The monoisotopic (exact) mass is 217 g/mol. The molecule has 0 aliphatic carbocycles. The molecule has 86 valence electrons. The summed E-state index contributed by atoms with van der Waals surface area (Å²) in [4.78, 5) is 4.56. The van der Waals surface area contributed by atoms with Crippen LogP contribution in [-0.2, 0) is 0 Å². The number of nitrogens with one attached hydrogen (secondary N) is 1. The Morgan fingerprint density at radius 3 is 1.50 bits per heavy atom. The first-order valence-corrected chi connectivity index (χ1v) is 6.30. The zero-order chi connectivity index (χ0) is 11.6. The Morgan fingerprint density at radius 1 is 1.07 bits per heavy atom. The molecule has 0 aliphatic heterocycles. The van der Waals surface area contributed by atoms with E-state index >= 15 is 0 Å². The van der Waals surface area contributed by atoms with Gasteiger partial charge in [0.2, 0.25) is 0 Å². The van der Waals surface area contributed by atoms with E-state index in [1.165, 1.54) is 0 Å². The molecular formula is C10H27N3Si. The quantitative estimate of drug-likeness (QED) is 0.514. The van der Waals surface area contributed by atoms with Gasteiger partial charge in [0, 0.05) is 10.2 Å². The zero-order valence-electron chi connectivity index (χ0n) is 11.1.